The van der Waals surface area contributed by atoms with Gasteiger partial charge in [0.15, 0.2) is 0 Å². The van der Waals surface area contributed by atoms with Gasteiger partial charge in [-0.05, 0) is 31.2 Å². The van der Waals surface area contributed by atoms with E-state index in [1.807, 2.05) is 24.5 Å². The second-order valence-electron chi connectivity index (χ2n) is 5.19. The van der Waals surface area contributed by atoms with Gasteiger partial charge in [0.25, 0.3) is 0 Å². The third-order valence-corrected chi connectivity index (χ3v) is 4.02. The second kappa shape index (κ2) is 4.45. The van der Waals surface area contributed by atoms with E-state index in [0.717, 1.165) is 40.0 Å². The molecule has 4 nitrogen and oxygen atoms in total. The quantitative estimate of drug-likeness (QED) is 0.560. The van der Waals surface area contributed by atoms with Crippen LogP contribution in [0.5, 0.6) is 0 Å². The summed E-state index contributed by atoms with van der Waals surface area (Å²) in [4.78, 5) is 9.37. The molecule has 4 heteroatoms. The molecule has 2 aromatic heterocycles. The van der Waals surface area contributed by atoms with E-state index < -0.39 is 0 Å². The summed E-state index contributed by atoms with van der Waals surface area (Å²) in [6, 6.07) is 14.5. The van der Waals surface area contributed by atoms with Gasteiger partial charge in [-0.2, -0.15) is 0 Å². The van der Waals surface area contributed by atoms with Crippen LogP contribution in [0.1, 0.15) is 6.92 Å². The molecule has 0 amide bonds. The van der Waals surface area contributed by atoms with Gasteiger partial charge in [-0.1, -0.05) is 18.2 Å². The SMILES string of the molecule is CCn1cnc2c(-c3nc4ccccc4n3C)cccc21. The lowest BCUT2D eigenvalue weighted by Crippen LogP contribution is -1.94. The summed E-state index contributed by atoms with van der Waals surface area (Å²) in [6.45, 7) is 3.05. The Balaban J connectivity index is 2.04. The molecule has 4 aromatic rings. The molecule has 2 aromatic carbocycles. The van der Waals surface area contributed by atoms with Crippen molar-refractivity contribution in [3.63, 3.8) is 0 Å². The van der Waals surface area contributed by atoms with Crippen LogP contribution in [0.4, 0.5) is 0 Å². The van der Waals surface area contributed by atoms with E-state index >= 15 is 0 Å². The number of hydrogen-bond acceptors (Lipinski definition) is 2. The minimum absolute atomic E-state index is 0.919. The van der Waals surface area contributed by atoms with Crippen molar-refractivity contribution in [2.75, 3.05) is 0 Å². The summed E-state index contributed by atoms with van der Waals surface area (Å²) in [6.07, 6.45) is 1.90. The van der Waals surface area contributed by atoms with Crippen LogP contribution in [-0.4, -0.2) is 19.1 Å². The fourth-order valence-electron chi connectivity index (χ4n) is 2.91. The Bertz CT molecular complexity index is 946. The molecule has 0 bridgehead atoms. The van der Waals surface area contributed by atoms with Crippen molar-refractivity contribution < 1.29 is 0 Å². The first-order valence-corrected chi connectivity index (χ1v) is 7.15. The third-order valence-electron chi connectivity index (χ3n) is 4.02. The highest BCUT2D eigenvalue weighted by Crippen LogP contribution is 2.29. The van der Waals surface area contributed by atoms with Crippen molar-refractivity contribution in [1.82, 2.24) is 19.1 Å². The standard InChI is InChI=1S/C17H16N4/c1-3-21-11-18-16-12(7-6-10-15(16)21)17-19-13-8-4-5-9-14(13)20(17)2/h4-11H,3H2,1-2H3. The van der Waals surface area contributed by atoms with Gasteiger partial charge in [-0.15, -0.1) is 0 Å². The predicted molar refractivity (Wildman–Crippen MR) is 85.1 cm³/mol. The Kier molecular flexibility index (Phi) is 2.57. The monoisotopic (exact) mass is 276 g/mol. The smallest absolute Gasteiger partial charge is 0.143 e. The maximum absolute atomic E-state index is 4.78. The number of imidazole rings is 2. The Morgan fingerprint density at radius 1 is 1.00 bits per heavy atom. The largest absolute Gasteiger partial charge is 0.331 e. The Morgan fingerprint density at radius 3 is 2.62 bits per heavy atom. The van der Waals surface area contributed by atoms with E-state index in [1.165, 1.54) is 0 Å². The Morgan fingerprint density at radius 2 is 1.81 bits per heavy atom. The number of aryl methyl sites for hydroxylation is 2. The van der Waals surface area contributed by atoms with E-state index in [-0.39, 0.29) is 0 Å². The first kappa shape index (κ1) is 12.1. The molecule has 4 rings (SSSR count). The van der Waals surface area contributed by atoms with E-state index in [1.54, 1.807) is 0 Å². The zero-order chi connectivity index (χ0) is 14.4. The first-order chi connectivity index (χ1) is 10.3. The molecule has 0 aliphatic heterocycles. The number of hydrogen-bond donors (Lipinski definition) is 0. The van der Waals surface area contributed by atoms with Gasteiger partial charge in [-0.25, -0.2) is 9.97 Å². The van der Waals surface area contributed by atoms with Gasteiger partial charge in [0.2, 0.25) is 0 Å². The zero-order valence-corrected chi connectivity index (χ0v) is 12.1. The Hall–Kier alpha value is -2.62. The van der Waals surface area contributed by atoms with E-state index in [0.29, 0.717) is 0 Å². The van der Waals surface area contributed by atoms with Crippen molar-refractivity contribution in [2.24, 2.45) is 7.05 Å². The molecular formula is C17H16N4. The van der Waals surface area contributed by atoms with Gasteiger partial charge in [-0.3, -0.25) is 0 Å². The molecule has 0 aliphatic rings. The van der Waals surface area contributed by atoms with Crippen LogP contribution in [0.2, 0.25) is 0 Å². The van der Waals surface area contributed by atoms with Gasteiger partial charge in [0.05, 0.1) is 28.4 Å². The number of nitrogens with zero attached hydrogens (tertiary/aromatic N) is 4. The molecule has 0 unspecified atom stereocenters. The number of benzene rings is 2. The zero-order valence-electron chi connectivity index (χ0n) is 12.1. The van der Waals surface area contributed by atoms with Crippen LogP contribution in [0.25, 0.3) is 33.5 Å². The minimum atomic E-state index is 0.919. The predicted octanol–water partition coefficient (Wildman–Crippen LogP) is 3.61. The van der Waals surface area contributed by atoms with Crippen molar-refractivity contribution in [1.29, 1.82) is 0 Å². The summed E-state index contributed by atoms with van der Waals surface area (Å²) >= 11 is 0. The van der Waals surface area contributed by atoms with Gasteiger partial charge in [0, 0.05) is 19.2 Å². The van der Waals surface area contributed by atoms with Crippen molar-refractivity contribution in [3.05, 3.63) is 48.8 Å². The highest BCUT2D eigenvalue weighted by molar-refractivity contribution is 5.92. The summed E-state index contributed by atoms with van der Waals surface area (Å²) in [5, 5.41) is 0. The normalized spacial score (nSPS) is 11.5. The molecule has 0 saturated carbocycles. The number of rotatable bonds is 2. The molecule has 0 atom stereocenters. The fraction of sp³-hybridized carbons (Fsp3) is 0.176. The molecule has 0 aliphatic carbocycles. The molecule has 0 spiro atoms. The van der Waals surface area contributed by atoms with Gasteiger partial charge >= 0.3 is 0 Å². The summed E-state index contributed by atoms with van der Waals surface area (Å²) in [7, 11) is 2.06. The van der Waals surface area contributed by atoms with Gasteiger partial charge in [0.1, 0.15) is 5.82 Å². The lowest BCUT2D eigenvalue weighted by Gasteiger charge is -2.04. The molecule has 0 fully saturated rings. The Labute approximate surface area is 122 Å². The van der Waals surface area contributed by atoms with E-state index in [9.17, 15) is 0 Å². The lowest BCUT2D eigenvalue weighted by atomic mass is 10.1. The minimum Gasteiger partial charge on any atom is -0.331 e. The third kappa shape index (κ3) is 1.69. The summed E-state index contributed by atoms with van der Waals surface area (Å²) < 4.78 is 4.29. The molecule has 2 heterocycles. The van der Waals surface area contributed by atoms with Crippen LogP contribution in [0.15, 0.2) is 48.8 Å². The van der Waals surface area contributed by atoms with E-state index in [2.05, 4.69) is 52.4 Å². The van der Waals surface area contributed by atoms with Crippen LogP contribution < -0.4 is 0 Å². The van der Waals surface area contributed by atoms with Gasteiger partial charge < -0.3 is 9.13 Å². The highest BCUT2D eigenvalue weighted by Gasteiger charge is 2.14. The maximum atomic E-state index is 4.78. The maximum Gasteiger partial charge on any atom is 0.143 e. The highest BCUT2D eigenvalue weighted by atomic mass is 15.1. The molecule has 104 valence electrons. The molecule has 0 N–H and O–H groups in total. The second-order valence-corrected chi connectivity index (χ2v) is 5.19. The average Bonchev–Trinajstić information content (AvgIpc) is 3.09. The van der Waals surface area contributed by atoms with Crippen molar-refractivity contribution in [3.8, 4) is 11.4 Å². The number of fused-ring (bicyclic) bond motifs is 2. The van der Waals surface area contributed by atoms with Crippen LogP contribution in [0, 0.1) is 0 Å². The topological polar surface area (TPSA) is 35.6 Å². The van der Waals surface area contributed by atoms with Crippen molar-refractivity contribution in [2.45, 2.75) is 13.5 Å². The summed E-state index contributed by atoms with van der Waals surface area (Å²) in [5.74, 6) is 0.961. The molecular weight excluding hydrogens is 260 g/mol. The van der Waals surface area contributed by atoms with Crippen LogP contribution >= 0.6 is 0 Å². The van der Waals surface area contributed by atoms with E-state index in [4.69, 9.17) is 4.98 Å². The van der Waals surface area contributed by atoms with Crippen LogP contribution in [-0.2, 0) is 13.6 Å². The first-order valence-electron chi connectivity index (χ1n) is 7.15. The fourth-order valence-corrected chi connectivity index (χ4v) is 2.91. The summed E-state index contributed by atoms with van der Waals surface area (Å²) in [5.41, 5.74) is 5.40. The van der Waals surface area contributed by atoms with Crippen LogP contribution in [0.3, 0.4) is 0 Å². The molecule has 21 heavy (non-hydrogen) atoms. The number of aromatic nitrogens is 4. The lowest BCUT2D eigenvalue weighted by molar-refractivity contribution is 0.787. The average molecular weight is 276 g/mol. The number of para-hydroxylation sites is 3. The molecule has 0 saturated heterocycles. The molecule has 0 radical (unpaired) electrons. The van der Waals surface area contributed by atoms with Crippen molar-refractivity contribution >= 4 is 22.1 Å².